The summed E-state index contributed by atoms with van der Waals surface area (Å²) in [6.45, 7) is 3.79. The van der Waals surface area contributed by atoms with E-state index < -0.39 is 0 Å². The Labute approximate surface area is 78.8 Å². The van der Waals surface area contributed by atoms with E-state index in [1.54, 1.807) is 6.92 Å². The van der Waals surface area contributed by atoms with Gasteiger partial charge in [-0.3, -0.25) is 4.79 Å². The highest BCUT2D eigenvalue weighted by molar-refractivity contribution is 5.82. The minimum Gasteiger partial charge on any atom is -0.300 e. The first-order valence-electron chi connectivity index (χ1n) is 4.75. The Balaban J connectivity index is 2.16. The number of ketones is 1. The molecule has 1 aliphatic carbocycles. The predicted octanol–water partition coefficient (Wildman–Crippen LogP) is 2.69. The maximum Gasteiger partial charge on any atom is 0.133 e. The zero-order chi connectivity index (χ0) is 9.42. The molecular weight excluding hydrogens is 160 g/mol. The van der Waals surface area contributed by atoms with Crippen molar-refractivity contribution >= 4 is 5.78 Å². The molecule has 0 heterocycles. The van der Waals surface area contributed by atoms with E-state index >= 15 is 0 Å². The van der Waals surface area contributed by atoms with E-state index in [9.17, 15) is 4.79 Å². The Bertz CT molecular complexity index is 341. The normalized spacial score (nSPS) is 25.7. The number of carbonyl (C=O) groups excluding carboxylic acids is 1. The van der Waals surface area contributed by atoms with Gasteiger partial charge in [-0.2, -0.15) is 0 Å². The Morgan fingerprint density at radius 2 is 2.23 bits per heavy atom. The summed E-state index contributed by atoms with van der Waals surface area (Å²) < 4.78 is 0. The molecule has 0 bridgehead atoms. The molecule has 0 radical (unpaired) electrons. The number of Topliss-reactive ketones (excluding diaryl/α,β-unsaturated/α-hetero) is 1. The third-order valence-electron chi connectivity index (χ3n) is 2.78. The van der Waals surface area contributed by atoms with E-state index in [0.717, 1.165) is 6.42 Å². The van der Waals surface area contributed by atoms with Gasteiger partial charge in [-0.1, -0.05) is 29.8 Å². The zero-order valence-electron chi connectivity index (χ0n) is 8.08. The van der Waals surface area contributed by atoms with Crippen LogP contribution in [0.2, 0.25) is 0 Å². The molecule has 0 unspecified atom stereocenters. The van der Waals surface area contributed by atoms with Gasteiger partial charge in [0.05, 0.1) is 0 Å². The summed E-state index contributed by atoms with van der Waals surface area (Å²) in [5, 5.41) is 0. The summed E-state index contributed by atoms with van der Waals surface area (Å²) in [6.07, 6.45) is 1.05. The zero-order valence-corrected chi connectivity index (χ0v) is 8.08. The van der Waals surface area contributed by atoms with E-state index in [-0.39, 0.29) is 0 Å². The van der Waals surface area contributed by atoms with Gasteiger partial charge in [-0.05, 0) is 31.7 Å². The summed E-state index contributed by atoms with van der Waals surface area (Å²) >= 11 is 0. The van der Waals surface area contributed by atoms with Crippen molar-refractivity contribution in [3.8, 4) is 0 Å². The lowest BCUT2D eigenvalue weighted by Gasteiger charge is -1.99. The third kappa shape index (κ3) is 1.64. The van der Waals surface area contributed by atoms with Crippen molar-refractivity contribution in [2.24, 2.45) is 5.92 Å². The van der Waals surface area contributed by atoms with E-state index in [1.165, 1.54) is 11.1 Å². The molecule has 1 fully saturated rings. The number of rotatable bonds is 2. The first kappa shape index (κ1) is 8.49. The highest BCUT2D eigenvalue weighted by Gasteiger charge is 2.41. The van der Waals surface area contributed by atoms with Crippen molar-refractivity contribution in [1.29, 1.82) is 0 Å². The van der Waals surface area contributed by atoms with E-state index in [1.807, 2.05) is 0 Å². The van der Waals surface area contributed by atoms with Crippen molar-refractivity contribution in [3.05, 3.63) is 35.4 Å². The summed E-state index contributed by atoms with van der Waals surface area (Å²) in [6, 6.07) is 8.48. The average Bonchev–Trinajstić information content (AvgIpc) is 2.82. The minimum atomic E-state index is 0.307. The molecule has 2 rings (SSSR count). The van der Waals surface area contributed by atoms with Crippen LogP contribution in [0.5, 0.6) is 0 Å². The van der Waals surface area contributed by atoms with Gasteiger partial charge in [0.1, 0.15) is 5.78 Å². The van der Waals surface area contributed by atoms with Gasteiger partial charge >= 0.3 is 0 Å². The highest BCUT2D eigenvalue weighted by Crippen LogP contribution is 2.47. The standard InChI is InChI=1S/C12H14O/c1-8-4-3-5-10(6-8)12-7-11(12)9(2)13/h3-6,11-12H,7H2,1-2H3/t11-,12+/m0/s1. The second kappa shape index (κ2) is 2.99. The predicted molar refractivity (Wildman–Crippen MR) is 52.7 cm³/mol. The molecule has 1 nitrogen and oxygen atoms in total. The second-order valence-electron chi connectivity index (χ2n) is 3.97. The summed E-state index contributed by atoms with van der Waals surface area (Å²) in [4.78, 5) is 11.1. The molecule has 1 saturated carbocycles. The lowest BCUT2D eigenvalue weighted by molar-refractivity contribution is -0.118. The van der Waals surface area contributed by atoms with Crippen LogP contribution in [0, 0.1) is 12.8 Å². The Kier molecular flexibility index (Phi) is 1.95. The van der Waals surface area contributed by atoms with Gasteiger partial charge in [-0.15, -0.1) is 0 Å². The van der Waals surface area contributed by atoms with Gasteiger partial charge in [0.15, 0.2) is 0 Å². The molecule has 1 aromatic carbocycles. The molecule has 0 saturated heterocycles. The Hall–Kier alpha value is -1.11. The van der Waals surface area contributed by atoms with Crippen LogP contribution in [-0.4, -0.2) is 5.78 Å². The monoisotopic (exact) mass is 174 g/mol. The molecule has 1 aromatic rings. The molecule has 68 valence electrons. The highest BCUT2D eigenvalue weighted by atomic mass is 16.1. The average molecular weight is 174 g/mol. The largest absolute Gasteiger partial charge is 0.300 e. The first-order valence-corrected chi connectivity index (χ1v) is 4.75. The van der Waals surface area contributed by atoms with E-state index in [4.69, 9.17) is 0 Å². The van der Waals surface area contributed by atoms with Gasteiger partial charge in [0.25, 0.3) is 0 Å². The van der Waals surface area contributed by atoms with Crippen molar-refractivity contribution < 1.29 is 4.79 Å². The molecule has 1 heteroatoms. The maximum absolute atomic E-state index is 11.1. The topological polar surface area (TPSA) is 17.1 Å². The number of hydrogen-bond donors (Lipinski definition) is 0. The van der Waals surface area contributed by atoms with Crippen LogP contribution in [0.25, 0.3) is 0 Å². The molecule has 1 aliphatic rings. The van der Waals surface area contributed by atoms with Gasteiger partial charge in [0, 0.05) is 5.92 Å². The van der Waals surface area contributed by atoms with Gasteiger partial charge in [0.2, 0.25) is 0 Å². The van der Waals surface area contributed by atoms with Crippen LogP contribution in [0.15, 0.2) is 24.3 Å². The first-order chi connectivity index (χ1) is 6.18. The van der Waals surface area contributed by atoms with Crippen molar-refractivity contribution in [3.63, 3.8) is 0 Å². The Morgan fingerprint density at radius 1 is 1.46 bits per heavy atom. The van der Waals surface area contributed by atoms with Crippen LogP contribution >= 0.6 is 0 Å². The van der Waals surface area contributed by atoms with Crippen LogP contribution in [0.3, 0.4) is 0 Å². The number of aryl methyl sites for hydroxylation is 1. The summed E-state index contributed by atoms with van der Waals surface area (Å²) in [5.41, 5.74) is 2.62. The molecule has 0 N–H and O–H groups in total. The van der Waals surface area contributed by atoms with E-state index in [0.29, 0.717) is 17.6 Å². The summed E-state index contributed by atoms with van der Waals surface area (Å²) in [5.74, 6) is 1.16. The van der Waals surface area contributed by atoms with Crippen LogP contribution in [0.1, 0.15) is 30.4 Å². The van der Waals surface area contributed by atoms with Crippen LogP contribution in [0.4, 0.5) is 0 Å². The molecule has 0 amide bonds. The lowest BCUT2D eigenvalue weighted by Crippen LogP contribution is -1.94. The van der Waals surface area contributed by atoms with Crippen molar-refractivity contribution in [1.82, 2.24) is 0 Å². The fourth-order valence-electron chi connectivity index (χ4n) is 1.91. The van der Waals surface area contributed by atoms with Crippen molar-refractivity contribution in [2.75, 3.05) is 0 Å². The Morgan fingerprint density at radius 3 is 2.77 bits per heavy atom. The molecule has 0 spiro atoms. The maximum atomic E-state index is 11.1. The molecule has 0 aliphatic heterocycles. The second-order valence-corrected chi connectivity index (χ2v) is 3.97. The summed E-state index contributed by atoms with van der Waals surface area (Å²) in [7, 11) is 0. The number of carbonyl (C=O) groups is 1. The van der Waals surface area contributed by atoms with Crippen molar-refractivity contribution in [2.45, 2.75) is 26.2 Å². The molecular formula is C12H14O. The quantitative estimate of drug-likeness (QED) is 0.673. The number of benzene rings is 1. The SMILES string of the molecule is CC(=O)[C@@H]1C[C@@H]1c1cccc(C)c1. The van der Waals surface area contributed by atoms with Crippen LogP contribution < -0.4 is 0 Å². The van der Waals surface area contributed by atoms with Gasteiger partial charge < -0.3 is 0 Å². The minimum absolute atomic E-state index is 0.307. The molecule has 0 aromatic heterocycles. The molecule has 13 heavy (non-hydrogen) atoms. The fourth-order valence-corrected chi connectivity index (χ4v) is 1.91. The molecule has 2 atom stereocenters. The third-order valence-corrected chi connectivity index (χ3v) is 2.78. The van der Waals surface area contributed by atoms with E-state index in [2.05, 4.69) is 31.2 Å². The fraction of sp³-hybridized carbons (Fsp3) is 0.417. The lowest BCUT2D eigenvalue weighted by atomic mass is 10.1. The number of hydrogen-bond acceptors (Lipinski definition) is 1. The smallest absolute Gasteiger partial charge is 0.133 e. The van der Waals surface area contributed by atoms with Gasteiger partial charge in [-0.25, -0.2) is 0 Å². The van der Waals surface area contributed by atoms with Crippen LogP contribution in [-0.2, 0) is 4.79 Å².